The minimum atomic E-state index is -0.299. The van der Waals surface area contributed by atoms with Crippen LogP contribution in [0.5, 0.6) is 11.5 Å². The number of thiophene rings is 1. The van der Waals surface area contributed by atoms with Crippen LogP contribution < -0.4 is 14.8 Å². The van der Waals surface area contributed by atoms with Crippen LogP contribution in [0.25, 0.3) is 11.1 Å². The van der Waals surface area contributed by atoms with E-state index in [0.717, 1.165) is 27.3 Å². The van der Waals surface area contributed by atoms with Crippen LogP contribution in [-0.2, 0) is 4.79 Å². The highest BCUT2D eigenvalue weighted by atomic mass is 32.1. The molecule has 1 N–H and O–H groups in total. The monoisotopic (exact) mass is 411 g/mol. The first-order valence-corrected chi connectivity index (χ1v) is 10.4. The van der Waals surface area contributed by atoms with E-state index in [1.807, 2.05) is 43.5 Å². The molecule has 0 aliphatic carbocycles. The van der Waals surface area contributed by atoms with Crippen molar-refractivity contribution >= 4 is 22.9 Å². The summed E-state index contributed by atoms with van der Waals surface area (Å²) in [5.41, 5.74) is 3.35. The minimum absolute atomic E-state index is 0.0351. The van der Waals surface area contributed by atoms with Gasteiger partial charge in [0.15, 0.2) is 11.5 Å². The summed E-state index contributed by atoms with van der Waals surface area (Å²) in [5, 5.41) is 4.96. The number of anilines is 1. The Kier molecular flexibility index (Phi) is 5.28. The SMILES string of the molecule is COc1cc([C@@H]2CC(=O)Nc3c(-c4cccc(F)c4)csc32)ccc1OC(C)C. The fourth-order valence-corrected chi connectivity index (χ4v) is 4.78. The van der Waals surface area contributed by atoms with Gasteiger partial charge in [-0.05, 0) is 49.2 Å². The predicted octanol–water partition coefficient (Wildman–Crippen LogP) is 5.82. The van der Waals surface area contributed by atoms with Gasteiger partial charge in [0.2, 0.25) is 5.91 Å². The summed E-state index contributed by atoms with van der Waals surface area (Å²) in [4.78, 5) is 13.5. The van der Waals surface area contributed by atoms with Crippen LogP contribution in [0.2, 0.25) is 0 Å². The van der Waals surface area contributed by atoms with E-state index < -0.39 is 0 Å². The number of fused-ring (bicyclic) bond motifs is 1. The Morgan fingerprint density at radius 1 is 1.17 bits per heavy atom. The first-order valence-electron chi connectivity index (χ1n) is 9.48. The van der Waals surface area contributed by atoms with Gasteiger partial charge in [0.05, 0.1) is 18.9 Å². The third kappa shape index (κ3) is 3.85. The van der Waals surface area contributed by atoms with Gasteiger partial charge in [0, 0.05) is 28.2 Å². The van der Waals surface area contributed by atoms with Crippen molar-refractivity contribution in [3.05, 3.63) is 64.1 Å². The molecular formula is C23H22FNO3S. The van der Waals surface area contributed by atoms with E-state index in [1.54, 1.807) is 24.5 Å². The molecule has 4 nitrogen and oxygen atoms in total. The van der Waals surface area contributed by atoms with Gasteiger partial charge < -0.3 is 14.8 Å². The van der Waals surface area contributed by atoms with Crippen molar-refractivity contribution in [1.82, 2.24) is 0 Å². The second-order valence-electron chi connectivity index (χ2n) is 7.28. The number of hydrogen-bond acceptors (Lipinski definition) is 4. The quantitative estimate of drug-likeness (QED) is 0.575. The maximum absolute atomic E-state index is 13.7. The van der Waals surface area contributed by atoms with E-state index in [-0.39, 0.29) is 23.7 Å². The van der Waals surface area contributed by atoms with Gasteiger partial charge in [0.25, 0.3) is 0 Å². The molecule has 6 heteroatoms. The van der Waals surface area contributed by atoms with E-state index in [1.165, 1.54) is 12.1 Å². The molecule has 1 aliphatic heterocycles. The molecule has 0 saturated carbocycles. The summed E-state index contributed by atoms with van der Waals surface area (Å²) in [7, 11) is 1.61. The molecule has 4 rings (SSSR count). The van der Waals surface area contributed by atoms with Crippen molar-refractivity contribution in [3.8, 4) is 22.6 Å². The van der Waals surface area contributed by atoms with Gasteiger partial charge in [-0.1, -0.05) is 18.2 Å². The first-order chi connectivity index (χ1) is 14.0. The number of ether oxygens (including phenoxy) is 2. The maximum atomic E-state index is 13.7. The van der Waals surface area contributed by atoms with E-state index in [9.17, 15) is 9.18 Å². The van der Waals surface area contributed by atoms with Gasteiger partial charge in [-0.2, -0.15) is 0 Å². The lowest BCUT2D eigenvalue weighted by Crippen LogP contribution is -2.22. The molecule has 3 aromatic rings. The summed E-state index contributed by atoms with van der Waals surface area (Å²) >= 11 is 1.58. The molecule has 150 valence electrons. The van der Waals surface area contributed by atoms with Gasteiger partial charge >= 0.3 is 0 Å². The lowest BCUT2D eigenvalue weighted by Gasteiger charge is -2.25. The van der Waals surface area contributed by atoms with Gasteiger partial charge in [-0.15, -0.1) is 11.3 Å². The normalized spacial score (nSPS) is 15.8. The number of benzene rings is 2. The fraction of sp³-hybridized carbons (Fsp3) is 0.261. The Morgan fingerprint density at radius 2 is 2.00 bits per heavy atom. The van der Waals surface area contributed by atoms with Crippen molar-refractivity contribution in [2.75, 3.05) is 12.4 Å². The zero-order valence-corrected chi connectivity index (χ0v) is 17.3. The Balaban J connectivity index is 1.75. The van der Waals surface area contributed by atoms with E-state index >= 15 is 0 Å². The average molecular weight is 411 g/mol. The molecule has 0 fully saturated rings. The maximum Gasteiger partial charge on any atom is 0.225 e. The van der Waals surface area contributed by atoms with Crippen LogP contribution in [0.15, 0.2) is 47.8 Å². The highest BCUT2D eigenvalue weighted by molar-refractivity contribution is 7.11. The molecule has 2 aromatic carbocycles. The lowest BCUT2D eigenvalue weighted by molar-refractivity contribution is -0.116. The second kappa shape index (κ2) is 7.87. The highest BCUT2D eigenvalue weighted by Crippen LogP contribution is 2.47. The molecule has 0 bridgehead atoms. The highest BCUT2D eigenvalue weighted by Gasteiger charge is 2.31. The number of amides is 1. The topological polar surface area (TPSA) is 47.6 Å². The van der Waals surface area contributed by atoms with E-state index in [0.29, 0.717) is 17.9 Å². The Morgan fingerprint density at radius 3 is 2.72 bits per heavy atom. The standard InChI is InChI=1S/C23H22FNO3S/c1-13(2)28-19-8-7-15(10-20(19)27-3)17-11-21(26)25-22-18(12-29-23(17)22)14-5-4-6-16(24)9-14/h4-10,12-13,17H,11H2,1-3H3,(H,25,26)/t17-/m0/s1. The number of carbonyl (C=O) groups is 1. The number of carbonyl (C=O) groups excluding carboxylic acids is 1. The smallest absolute Gasteiger partial charge is 0.225 e. The molecule has 0 unspecified atom stereocenters. The number of nitrogens with one attached hydrogen (secondary N) is 1. The van der Waals surface area contributed by atoms with Crippen LogP contribution in [0, 0.1) is 5.82 Å². The van der Waals surface area contributed by atoms with Gasteiger partial charge in [0.1, 0.15) is 5.82 Å². The fourth-order valence-electron chi connectivity index (χ4n) is 3.62. The van der Waals surface area contributed by atoms with Crippen LogP contribution >= 0.6 is 11.3 Å². The van der Waals surface area contributed by atoms with Crippen molar-refractivity contribution in [3.63, 3.8) is 0 Å². The zero-order chi connectivity index (χ0) is 20.5. The zero-order valence-electron chi connectivity index (χ0n) is 16.5. The Hall–Kier alpha value is -2.86. The molecule has 1 aliphatic rings. The molecule has 1 aromatic heterocycles. The lowest BCUT2D eigenvalue weighted by atomic mass is 9.89. The third-order valence-corrected chi connectivity index (χ3v) is 5.97. The molecule has 0 spiro atoms. The molecule has 29 heavy (non-hydrogen) atoms. The molecule has 0 radical (unpaired) electrons. The summed E-state index contributed by atoms with van der Waals surface area (Å²) in [6, 6.07) is 12.2. The number of methoxy groups -OCH3 is 1. The van der Waals surface area contributed by atoms with Crippen molar-refractivity contribution in [2.45, 2.75) is 32.3 Å². The van der Waals surface area contributed by atoms with Crippen LogP contribution in [0.1, 0.15) is 36.6 Å². The largest absolute Gasteiger partial charge is 0.493 e. The van der Waals surface area contributed by atoms with Crippen LogP contribution in [0.3, 0.4) is 0 Å². The molecule has 1 amide bonds. The van der Waals surface area contributed by atoms with E-state index in [4.69, 9.17) is 9.47 Å². The summed E-state index contributed by atoms with van der Waals surface area (Å²) < 4.78 is 25.0. The Labute approximate surface area is 173 Å². The second-order valence-corrected chi connectivity index (χ2v) is 8.19. The number of halogens is 1. The predicted molar refractivity (Wildman–Crippen MR) is 114 cm³/mol. The van der Waals surface area contributed by atoms with Gasteiger partial charge in [-0.25, -0.2) is 4.39 Å². The summed E-state index contributed by atoms with van der Waals surface area (Å²) in [5.74, 6) is 0.878. The van der Waals surface area contributed by atoms with Crippen molar-refractivity contribution in [1.29, 1.82) is 0 Å². The Bertz CT molecular complexity index is 1060. The molecule has 1 atom stereocenters. The third-order valence-electron chi connectivity index (χ3n) is 4.88. The van der Waals surface area contributed by atoms with Crippen molar-refractivity contribution in [2.24, 2.45) is 0 Å². The molecule has 0 saturated heterocycles. The average Bonchev–Trinajstić information content (AvgIpc) is 3.11. The minimum Gasteiger partial charge on any atom is -0.493 e. The van der Waals surface area contributed by atoms with Crippen LogP contribution in [-0.4, -0.2) is 19.1 Å². The number of hydrogen-bond donors (Lipinski definition) is 1. The summed E-state index contributed by atoms with van der Waals surface area (Å²) in [6.45, 7) is 3.93. The van der Waals surface area contributed by atoms with Gasteiger partial charge in [-0.3, -0.25) is 4.79 Å². The number of rotatable bonds is 5. The molecule has 2 heterocycles. The first kappa shape index (κ1) is 19.5. The van der Waals surface area contributed by atoms with Crippen molar-refractivity contribution < 1.29 is 18.7 Å². The molecular weight excluding hydrogens is 389 g/mol. The summed E-state index contributed by atoms with van der Waals surface area (Å²) in [6.07, 6.45) is 0.386. The van der Waals surface area contributed by atoms with Crippen LogP contribution in [0.4, 0.5) is 10.1 Å². The van der Waals surface area contributed by atoms with E-state index in [2.05, 4.69) is 5.32 Å².